The minimum atomic E-state index is 0.0879. The Hall–Kier alpha value is -2.08. The van der Waals surface area contributed by atoms with Crippen molar-refractivity contribution in [3.05, 3.63) is 54.4 Å². The molecule has 0 aliphatic heterocycles. The van der Waals surface area contributed by atoms with Crippen molar-refractivity contribution in [3.8, 4) is 0 Å². The average molecular weight is 342 g/mol. The van der Waals surface area contributed by atoms with Crippen LogP contribution in [0.5, 0.6) is 0 Å². The summed E-state index contributed by atoms with van der Waals surface area (Å²) in [6.45, 7) is 5.11. The molecule has 1 saturated carbocycles. The van der Waals surface area contributed by atoms with Crippen LogP contribution in [0.4, 0.5) is 0 Å². The van der Waals surface area contributed by atoms with Gasteiger partial charge in [-0.05, 0) is 18.4 Å². The summed E-state index contributed by atoms with van der Waals surface area (Å²) in [7, 11) is 1.83. The molecule has 1 aliphatic rings. The van der Waals surface area contributed by atoms with Crippen LogP contribution in [-0.4, -0.2) is 38.4 Å². The van der Waals surface area contributed by atoms with Crippen LogP contribution in [0.2, 0.25) is 0 Å². The van der Waals surface area contributed by atoms with Gasteiger partial charge in [-0.15, -0.1) is 16.8 Å². The summed E-state index contributed by atoms with van der Waals surface area (Å²) >= 11 is 1.45. The van der Waals surface area contributed by atoms with E-state index in [0.29, 0.717) is 24.8 Å². The van der Waals surface area contributed by atoms with Gasteiger partial charge in [-0.2, -0.15) is 0 Å². The fourth-order valence-electron chi connectivity index (χ4n) is 2.53. The van der Waals surface area contributed by atoms with E-state index in [9.17, 15) is 4.79 Å². The van der Waals surface area contributed by atoms with Crippen molar-refractivity contribution in [1.82, 2.24) is 19.7 Å². The highest BCUT2D eigenvalue weighted by Crippen LogP contribution is 2.40. The highest BCUT2D eigenvalue weighted by atomic mass is 32.2. The van der Waals surface area contributed by atoms with Crippen molar-refractivity contribution in [1.29, 1.82) is 0 Å². The number of nitrogens with zero attached hydrogens (tertiary/aromatic N) is 4. The van der Waals surface area contributed by atoms with E-state index in [-0.39, 0.29) is 5.91 Å². The first-order valence-corrected chi connectivity index (χ1v) is 9.12. The molecule has 1 aromatic carbocycles. The van der Waals surface area contributed by atoms with Gasteiger partial charge in [0.2, 0.25) is 5.91 Å². The van der Waals surface area contributed by atoms with Crippen LogP contribution >= 0.6 is 11.8 Å². The number of hydrogen-bond acceptors (Lipinski definition) is 4. The lowest BCUT2D eigenvalue weighted by molar-refractivity contribution is -0.127. The fraction of sp³-hybridized carbons (Fsp3) is 0.389. The van der Waals surface area contributed by atoms with Crippen molar-refractivity contribution in [3.63, 3.8) is 0 Å². The molecule has 0 unspecified atom stereocenters. The number of carbonyl (C=O) groups is 1. The lowest BCUT2D eigenvalue weighted by atomic mass is 10.2. The quantitative estimate of drug-likeness (QED) is 0.546. The summed E-state index contributed by atoms with van der Waals surface area (Å²) in [6.07, 6.45) is 4.21. The second-order valence-corrected chi connectivity index (χ2v) is 6.98. The molecule has 0 saturated heterocycles. The number of amides is 1. The molecule has 3 rings (SSSR count). The molecule has 0 spiro atoms. The lowest BCUT2D eigenvalue weighted by Crippen LogP contribution is -2.27. The molecule has 0 radical (unpaired) electrons. The largest absolute Gasteiger partial charge is 0.341 e. The number of carbonyl (C=O) groups excluding carboxylic acids is 1. The third-order valence-electron chi connectivity index (χ3n) is 4.01. The maximum atomic E-state index is 12.4. The Morgan fingerprint density at radius 2 is 2.12 bits per heavy atom. The topological polar surface area (TPSA) is 51.0 Å². The zero-order chi connectivity index (χ0) is 16.9. The standard InChI is InChI=1S/C18H22N4OS/c1-3-11-22-17(15-9-10-15)19-20-18(22)24-13-16(23)21(2)12-14-7-5-4-6-8-14/h3-8,15H,1,9-13H2,2H3. The summed E-state index contributed by atoms with van der Waals surface area (Å²) in [5.41, 5.74) is 1.13. The van der Waals surface area contributed by atoms with Gasteiger partial charge in [-0.25, -0.2) is 0 Å². The molecule has 0 bridgehead atoms. The van der Waals surface area contributed by atoms with Crippen molar-refractivity contribution < 1.29 is 4.79 Å². The number of hydrogen-bond donors (Lipinski definition) is 0. The molecule has 2 aromatic rings. The smallest absolute Gasteiger partial charge is 0.233 e. The molecule has 5 nitrogen and oxygen atoms in total. The third-order valence-corrected chi connectivity index (χ3v) is 4.96. The highest BCUT2D eigenvalue weighted by molar-refractivity contribution is 7.99. The number of rotatable bonds is 8. The summed E-state index contributed by atoms with van der Waals surface area (Å²) < 4.78 is 2.08. The second kappa shape index (κ2) is 7.66. The van der Waals surface area contributed by atoms with E-state index < -0.39 is 0 Å². The van der Waals surface area contributed by atoms with Gasteiger partial charge in [0, 0.05) is 26.1 Å². The Kier molecular flexibility index (Phi) is 5.35. The summed E-state index contributed by atoms with van der Waals surface area (Å²) in [5, 5.41) is 9.38. The predicted molar refractivity (Wildman–Crippen MR) is 95.8 cm³/mol. The first kappa shape index (κ1) is 16.8. The maximum Gasteiger partial charge on any atom is 0.233 e. The van der Waals surface area contributed by atoms with Crippen molar-refractivity contribution >= 4 is 17.7 Å². The molecule has 1 heterocycles. The Bertz CT molecular complexity index is 709. The summed E-state index contributed by atoms with van der Waals surface area (Å²) in [4.78, 5) is 14.1. The molecule has 1 aliphatic carbocycles. The molecule has 6 heteroatoms. The van der Waals surface area contributed by atoms with Crippen molar-refractivity contribution in [2.75, 3.05) is 12.8 Å². The predicted octanol–water partition coefficient (Wildman–Crippen LogP) is 3.09. The van der Waals surface area contributed by atoms with E-state index in [1.165, 1.54) is 24.6 Å². The first-order valence-electron chi connectivity index (χ1n) is 8.13. The van der Waals surface area contributed by atoms with Crippen molar-refractivity contribution in [2.45, 2.75) is 37.0 Å². The molecular weight excluding hydrogens is 320 g/mol. The van der Waals surface area contributed by atoms with Crippen molar-refractivity contribution in [2.24, 2.45) is 0 Å². The van der Waals surface area contributed by atoms with Gasteiger partial charge in [0.1, 0.15) is 5.82 Å². The van der Waals surface area contributed by atoms with Crippen LogP contribution in [0.1, 0.15) is 30.1 Å². The Balaban J connectivity index is 1.58. The summed E-state index contributed by atoms with van der Waals surface area (Å²) in [5.74, 6) is 2.01. The van der Waals surface area contributed by atoms with Gasteiger partial charge < -0.3 is 9.47 Å². The Morgan fingerprint density at radius 3 is 2.79 bits per heavy atom. The van der Waals surface area contributed by atoms with Crippen LogP contribution in [-0.2, 0) is 17.9 Å². The molecule has 0 atom stereocenters. The molecular formula is C18H22N4OS. The monoisotopic (exact) mass is 342 g/mol. The van der Waals surface area contributed by atoms with Gasteiger partial charge in [0.05, 0.1) is 5.75 Å². The van der Waals surface area contributed by atoms with E-state index in [1.807, 2.05) is 43.5 Å². The highest BCUT2D eigenvalue weighted by Gasteiger charge is 2.30. The Morgan fingerprint density at radius 1 is 1.38 bits per heavy atom. The van der Waals surface area contributed by atoms with Crippen LogP contribution in [0.15, 0.2) is 48.1 Å². The van der Waals surface area contributed by atoms with E-state index in [2.05, 4.69) is 21.3 Å². The lowest BCUT2D eigenvalue weighted by Gasteiger charge is -2.17. The zero-order valence-electron chi connectivity index (χ0n) is 13.9. The minimum Gasteiger partial charge on any atom is -0.341 e. The van der Waals surface area contributed by atoms with E-state index >= 15 is 0 Å². The molecule has 1 amide bonds. The fourth-order valence-corrected chi connectivity index (χ4v) is 3.43. The SMILES string of the molecule is C=CCn1c(SCC(=O)N(C)Cc2ccccc2)nnc1C1CC1. The molecule has 24 heavy (non-hydrogen) atoms. The minimum absolute atomic E-state index is 0.0879. The number of benzene rings is 1. The normalized spacial score (nSPS) is 13.7. The number of allylic oxidation sites excluding steroid dienone is 1. The summed E-state index contributed by atoms with van der Waals surface area (Å²) in [6, 6.07) is 10.0. The van der Waals surface area contributed by atoms with E-state index in [1.54, 1.807) is 4.90 Å². The molecule has 1 fully saturated rings. The van der Waals surface area contributed by atoms with Gasteiger partial charge >= 0.3 is 0 Å². The van der Waals surface area contributed by atoms with Gasteiger partial charge in [-0.1, -0.05) is 48.2 Å². The van der Waals surface area contributed by atoms with E-state index in [4.69, 9.17) is 0 Å². The Labute approximate surface area is 146 Å². The first-order chi connectivity index (χ1) is 11.7. The van der Waals surface area contributed by atoms with Gasteiger partial charge in [0.25, 0.3) is 0 Å². The van der Waals surface area contributed by atoms with Gasteiger partial charge in [-0.3, -0.25) is 4.79 Å². The average Bonchev–Trinajstić information content (AvgIpc) is 3.36. The number of thioether (sulfide) groups is 1. The van der Waals surface area contributed by atoms with Crippen LogP contribution in [0, 0.1) is 0 Å². The maximum absolute atomic E-state index is 12.4. The van der Waals surface area contributed by atoms with Crippen LogP contribution < -0.4 is 0 Å². The molecule has 0 N–H and O–H groups in total. The van der Waals surface area contributed by atoms with Gasteiger partial charge in [0.15, 0.2) is 5.16 Å². The molecule has 1 aromatic heterocycles. The zero-order valence-corrected chi connectivity index (χ0v) is 14.7. The number of aromatic nitrogens is 3. The van der Waals surface area contributed by atoms with E-state index in [0.717, 1.165) is 16.5 Å². The second-order valence-electron chi connectivity index (χ2n) is 6.04. The molecule has 126 valence electrons. The van der Waals surface area contributed by atoms with Crippen LogP contribution in [0.3, 0.4) is 0 Å². The van der Waals surface area contributed by atoms with Crippen LogP contribution in [0.25, 0.3) is 0 Å². The third kappa shape index (κ3) is 4.06.